The van der Waals surface area contributed by atoms with E-state index in [1.54, 1.807) is 14.2 Å². The fourth-order valence-electron chi connectivity index (χ4n) is 3.48. The molecule has 0 bridgehead atoms. The standard InChI is InChI=1S/C19H24N2O3S/c1-23-16-9-8-13(12-17(16)24-2)10-11-21-15-7-5-3-4-6-14(15)18(25)20-19(21)22/h8-9,12H,3-7,10-11H2,1-2H3,(H,20,22,25). The van der Waals surface area contributed by atoms with E-state index in [0.29, 0.717) is 22.7 Å². The molecule has 5 nitrogen and oxygen atoms in total. The zero-order valence-electron chi connectivity index (χ0n) is 14.8. The molecule has 1 aliphatic carbocycles. The van der Waals surface area contributed by atoms with Gasteiger partial charge in [-0.2, -0.15) is 0 Å². The van der Waals surface area contributed by atoms with Crippen molar-refractivity contribution in [3.8, 4) is 11.5 Å². The maximum Gasteiger partial charge on any atom is 0.326 e. The second kappa shape index (κ2) is 7.87. The number of benzene rings is 1. The number of aromatic amines is 1. The Hall–Kier alpha value is -2.08. The lowest BCUT2D eigenvalue weighted by atomic mass is 10.1. The van der Waals surface area contributed by atoms with Crippen LogP contribution in [0.1, 0.15) is 36.1 Å². The molecule has 25 heavy (non-hydrogen) atoms. The Bertz CT molecular complexity index is 870. The van der Waals surface area contributed by atoms with Crippen LogP contribution >= 0.6 is 12.2 Å². The van der Waals surface area contributed by atoms with Crippen LogP contribution in [-0.4, -0.2) is 23.8 Å². The largest absolute Gasteiger partial charge is 0.493 e. The van der Waals surface area contributed by atoms with Crippen molar-refractivity contribution >= 4 is 12.2 Å². The number of hydrogen-bond acceptors (Lipinski definition) is 4. The molecule has 0 saturated carbocycles. The summed E-state index contributed by atoms with van der Waals surface area (Å²) in [5.41, 5.74) is 3.27. The van der Waals surface area contributed by atoms with Crippen molar-refractivity contribution in [1.29, 1.82) is 0 Å². The SMILES string of the molecule is COc1ccc(CCn2c3c(c(=S)[nH]c2=O)CCCCC3)cc1OC. The van der Waals surface area contributed by atoms with E-state index in [9.17, 15) is 4.79 Å². The molecule has 0 atom stereocenters. The van der Waals surface area contributed by atoms with E-state index < -0.39 is 0 Å². The molecule has 1 aromatic carbocycles. The van der Waals surface area contributed by atoms with E-state index in [-0.39, 0.29) is 5.69 Å². The molecule has 0 radical (unpaired) electrons. The highest BCUT2D eigenvalue weighted by atomic mass is 32.1. The third-order valence-corrected chi connectivity index (χ3v) is 5.17. The van der Waals surface area contributed by atoms with Gasteiger partial charge in [-0.3, -0.25) is 9.55 Å². The number of hydrogen-bond donors (Lipinski definition) is 1. The maximum atomic E-state index is 12.5. The second-order valence-electron chi connectivity index (χ2n) is 6.34. The first-order valence-corrected chi connectivity index (χ1v) is 9.10. The average Bonchev–Trinajstić information content (AvgIpc) is 2.87. The van der Waals surface area contributed by atoms with Gasteiger partial charge in [-0.05, 0) is 49.8 Å². The number of H-pyrrole nitrogens is 1. The molecule has 6 heteroatoms. The Kier molecular flexibility index (Phi) is 5.58. The fourth-order valence-corrected chi connectivity index (χ4v) is 3.79. The maximum absolute atomic E-state index is 12.5. The minimum absolute atomic E-state index is 0.105. The molecule has 134 valence electrons. The molecular weight excluding hydrogens is 336 g/mol. The molecule has 0 spiro atoms. The molecule has 1 aromatic heterocycles. The van der Waals surface area contributed by atoms with Gasteiger partial charge < -0.3 is 9.47 Å². The molecule has 3 rings (SSSR count). The Labute approximate surface area is 152 Å². The average molecular weight is 360 g/mol. The van der Waals surface area contributed by atoms with Crippen molar-refractivity contribution in [2.45, 2.75) is 45.1 Å². The molecule has 2 aromatic rings. The summed E-state index contributed by atoms with van der Waals surface area (Å²) < 4.78 is 13.1. The number of nitrogens with zero attached hydrogens (tertiary/aromatic N) is 1. The van der Waals surface area contributed by atoms with Crippen molar-refractivity contribution in [2.24, 2.45) is 0 Å². The van der Waals surface area contributed by atoms with Crippen molar-refractivity contribution in [1.82, 2.24) is 9.55 Å². The summed E-state index contributed by atoms with van der Waals surface area (Å²) in [5, 5.41) is 0. The van der Waals surface area contributed by atoms with Crippen LogP contribution < -0.4 is 15.2 Å². The second-order valence-corrected chi connectivity index (χ2v) is 6.74. The predicted molar refractivity (Wildman–Crippen MR) is 100 cm³/mol. The van der Waals surface area contributed by atoms with Gasteiger partial charge in [0.25, 0.3) is 0 Å². The van der Waals surface area contributed by atoms with Crippen LogP contribution in [0.5, 0.6) is 11.5 Å². The van der Waals surface area contributed by atoms with E-state index >= 15 is 0 Å². The third-order valence-electron chi connectivity index (χ3n) is 4.83. The van der Waals surface area contributed by atoms with Crippen molar-refractivity contribution in [2.75, 3.05) is 14.2 Å². The summed E-state index contributed by atoms with van der Waals surface area (Å²) in [6.45, 7) is 0.628. The highest BCUT2D eigenvalue weighted by Crippen LogP contribution is 2.28. The van der Waals surface area contributed by atoms with Crippen molar-refractivity contribution in [3.63, 3.8) is 0 Å². The first-order chi connectivity index (χ1) is 12.1. The molecule has 0 aliphatic heterocycles. The Morgan fingerprint density at radius 1 is 1.12 bits per heavy atom. The highest BCUT2D eigenvalue weighted by molar-refractivity contribution is 7.71. The van der Waals surface area contributed by atoms with Crippen LogP contribution in [0.15, 0.2) is 23.0 Å². The van der Waals surface area contributed by atoms with E-state index in [1.807, 2.05) is 22.8 Å². The van der Waals surface area contributed by atoms with Crippen molar-refractivity contribution < 1.29 is 9.47 Å². The van der Waals surface area contributed by atoms with E-state index in [4.69, 9.17) is 21.7 Å². The molecular formula is C19H24N2O3S. The van der Waals surface area contributed by atoms with Crippen molar-refractivity contribution in [3.05, 3.63) is 50.1 Å². The van der Waals surface area contributed by atoms with Gasteiger partial charge in [0.2, 0.25) is 0 Å². The smallest absolute Gasteiger partial charge is 0.326 e. The monoisotopic (exact) mass is 360 g/mol. The number of methoxy groups -OCH3 is 2. The van der Waals surface area contributed by atoms with Gasteiger partial charge in [-0.15, -0.1) is 0 Å². The number of ether oxygens (including phenoxy) is 2. The summed E-state index contributed by atoms with van der Waals surface area (Å²) in [6, 6.07) is 5.87. The number of nitrogens with one attached hydrogen (secondary N) is 1. The van der Waals surface area contributed by atoms with E-state index in [1.165, 1.54) is 6.42 Å². The van der Waals surface area contributed by atoms with Crippen LogP contribution in [0.25, 0.3) is 0 Å². The van der Waals surface area contributed by atoms with Gasteiger partial charge >= 0.3 is 5.69 Å². The van der Waals surface area contributed by atoms with Gasteiger partial charge in [0.1, 0.15) is 4.64 Å². The summed E-state index contributed by atoms with van der Waals surface area (Å²) in [7, 11) is 3.25. The van der Waals surface area contributed by atoms with Crippen LogP contribution in [0.3, 0.4) is 0 Å². The molecule has 0 fully saturated rings. The van der Waals surface area contributed by atoms with Gasteiger partial charge in [0.15, 0.2) is 11.5 Å². The lowest BCUT2D eigenvalue weighted by Gasteiger charge is -2.16. The first kappa shape index (κ1) is 17.7. The van der Waals surface area contributed by atoms with Crippen LogP contribution in [0, 0.1) is 4.64 Å². The summed E-state index contributed by atoms with van der Waals surface area (Å²) in [5.74, 6) is 1.42. The lowest BCUT2D eigenvalue weighted by molar-refractivity contribution is 0.354. The Balaban J connectivity index is 1.89. The van der Waals surface area contributed by atoms with Crippen LogP contribution in [0.4, 0.5) is 0 Å². The number of fused-ring (bicyclic) bond motifs is 1. The Morgan fingerprint density at radius 2 is 1.88 bits per heavy atom. The third kappa shape index (κ3) is 3.79. The summed E-state index contributed by atoms with van der Waals surface area (Å²) >= 11 is 5.38. The first-order valence-electron chi connectivity index (χ1n) is 8.70. The molecule has 0 amide bonds. The quantitative estimate of drug-likeness (QED) is 0.656. The zero-order valence-corrected chi connectivity index (χ0v) is 15.6. The van der Waals surface area contributed by atoms with Gasteiger partial charge in [0, 0.05) is 17.8 Å². The van der Waals surface area contributed by atoms with Crippen LogP contribution in [-0.2, 0) is 25.8 Å². The molecule has 0 unspecified atom stereocenters. The number of aryl methyl sites for hydroxylation is 1. The van der Waals surface area contributed by atoms with E-state index in [2.05, 4.69) is 4.98 Å². The normalized spacial score (nSPS) is 13.8. The summed E-state index contributed by atoms with van der Waals surface area (Å²) in [4.78, 5) is 15.3. The molecule has 1 aliphatic rings. The lowest BCUT2D eigenvalue weighted by Crippen LogP contribution is -2.28. The Morgan fingerprint density at radius 3 is 2.64 bits per heavy atom. The highest BCUT2D eigenvalue weighted by Gasteiger charge is 2.15. The topological polar surface area (TPSA) is 56.2 Å². The molecule has 0 saturated heterocycles. The van der Waals surface area contributed by atoms with E-state index in [0.717, 1.165) is 48.9 Å². The van der Waals surface area contributed by atoms with Gasteiger partial charge in [-0.25, -0.2) is 4.79 Å². The summed E-state index contributed by atoms with van der Waals surface area (Å²) in [6.07, 6.45) is 6.07. The minimum Gasteiger partial charge on any atom is -0.493 e. The van der Waals surface area contributed by atoms with Gasteiger partial charge in [0.05, 0.1) is 14.2 Å². The molecule has 1 heterocycles. The van der Waals surface area contributed by atoms with Crippen LogP contribution in [0.2, 0.25) is 0 Å². The number of rotatable bonds is 5. The van der Waals surface area contributed by atoms with Gasteiger partial charge in [-0.1, -0.05) is 24.7 Å². The fraction of sp³-hybridized carbons (Fsp3) is 0.474. The zero-order chi connectivity index (χ0) is 17.8. The minimum atomic E-state index is -0.105. The predicted octanol–water partition coefficient (Wildman–Crippen LogP) is 3.43. The molecule has 1 N–H and O–H groups in total. The number of aromatic nitrogens is 2.